The zero-order valence-corrected chi connectivity index (χ0v) is 17.7. The summed E-state index contributed by atoms with van der Waals surface area (Å²) in [6, 6.07) is 19.8. The van der Waals surface area contributed by atoms with Crippen LogP contribution in [0.5, 0.6) is 0 Å². The molecule has 0 aliphatic rings. The summed E-state index contributed by atoms with van der Waals surface area (Å²) in [7, 11) is 0. The zero-order valence-electron chi connectivity index (χ0n) is 16.9. The van der Waals surface area contributed by atoms with Gasteiger partial charge in [-0.2, -0.15) is 0 Å². The lowest BCUT2D eigenvalue weighted by Gasteiger charge is -2.15. The van der Waals surface area contributed by atoms with E-state index in [9.17, 15) is 18.8 Å². The Bertz CT molecular complexity index is 1410. The summed E-state index contributed by atoms with van der Waals surface area (Å²) in [6.07, 6.45) is 0. The Morgan fingerprint density at radius 1 is 0.844 bits per heavy atom. The van der Waals surface area contributed by atoms with Crippen molar-refractivity contribution in [2.24, 2.45) is 0 Å². The molecule has 0 fully saturated rings. The van der Waals surface area contributed by atoms with Gasteiger partial charge in [-0.05, 0) is 47.5 Å². The summed E-state index contributed by atoms with van der Waals surface area (Å²) in [4.78, 5) is 38.3. The number of hydrogen-bond acceptors (Lipinski definition) is 3. The summed E-state index contributed by atoms with van der Waals surface area (Å²) < 4.78 is 15.9. The molecule has 162 valence electrons. The van der Waals surface area contributed by atoms with Crippen molar-refractivity contribution in [3.05, 3.63) is 115 Å². The molecular weight excluding hydrogens is 433 g/mol. The van der Waals surface area contributed by atoms with Crippen molar-refractivity contribution in [3.63, 3.8) is 0 Å². The van der Waals surface area contributed by atoms with Gasteiger partial charge in [-0.1, -0.05) is 48.0 Å². The summed E-state index contributed by atoms with van der Waals surface area (Å²) >= 11 is 5.93. The first-order chi connectivity index (χ1) is 15.4. The standard InChI is InChI=1S/C24H19ClFN3O3/c25-18-10-8-16(9-11-18)14-28-20-6-1-2-7-21(20)29(24(32)23(28)31)15-22(30)27-13-17-4-3-5-19(26)12-17/h1-12H,13-15H2,(H,27,30). The van der Waals surface area contributed by atoms with E-state index in [1.54, 1.807) is 60.7 Å². The Labute approximate surface area is 187 Å². The predicted molar refractivity (Wildman–Crippen MR) is 121 cm³/mol. The summed E-state index contributed by atoms with van der Waals surface area (Å²) in [6.45, 7) is -0.0268. The highest BCUT2D eigenvalue weighted by molar-refractivity contribution is 6.30. The SMILES string of the molecule is O=C(Cn1c(=O)c(=O)n(Cc2ccc(Cl)cc2)c2ccccc21)NCc1cccc(F)c1. The third kappa shape index (κ3) is 4.63. The Morgan fingerprint density at radius 3 is 2.19 bits per heavy atom. The molecule has 0 bridgehead atoms. The van der Waals surface area contributed by atoms with Crippen molar-refractivity contribution in [1.82, 2.24) is 14.5 Å². The quantitative estimate of drug-likeness (QED) is 0.457. The van der Waals surface area contributed by atoms with Crippen molar-refractivity contribution in [2.45, 2.75) is 19.6 Å². The minimum atomic E-state index is -0.793. The van der Waals surface area contributed by atoms with Gasteiger partial charge < -0.3 is 5.32 Å². The molecule has 0 unspecified atom stereocenters. The van der Waals surface area contributed by atoms with Crippen LogP contribution < -0.4 is 16.4 Å². The summed E-state index contributed by atoms with van der Waals surface area (Å²) in [5.74, 6) is -0.861. The van der Waals surface area contributed by atoms with Crippen molar-refractivity contribution >= 4 is 28.5 Å². The van der Waals surface area contributed by atoms with Crippen molar-refractivity contribution in [3.8, 4) is 0 Å². The van der Waals surface area contributed by atoms with Crippen LogP contribution in [0.15, 0.2) is 82.4 Å². The number of carbonyl (C=O) groups is 1. The molecule has 0 aliphatic carbocycles. The number of amides is 1. The van der Waals surface area contributed by atoms with Crippen molar-refractivity contribution < 1.29 is 9.18 Å². The highest BCUT2D eigenvalue weighted by Crippen LogP contribution is 2.14. The monoisotopic (exact) mass is 451 g/mol. The van der Waals surface area contributed by atoms with E-state index >= 15 is 0 Å². The van der Waals surface area contributed by atoms with Gasteiger partial charge >= 0.3 is 11.1 Å². The largest absolute Gasteiger partial charge is 0.350 e. The maximum absolute atomic E-state index is 13.3. The lowest BCUT2D eigenvalue weighted by Crippen LogP contribution is -2.44. The molecule has 1 heterocycles. The number of halogens is 2. The molecule has 4 rings (SSSR count). The number of nitrogens with one attached hydrogen (secondary N) is 1. The van der Waals surface area contributed by atoms with Crippen molar-refractivity contribution in [2.75, 3.05) is 0 Å². The predicted octanol–water partition coefficient (Wildman–Crippen LogP) is 3.32. The maximum atomic E-state index is 13.3. The first-order valence-corrected chi connectivity index (χ1v) is 10.3. The molecule has 1 amide bonds. The second kappa shape index (κ2) is 9.20. The highest BCUT2D eigenvalue weighted by atomic mass is 35.5. The Balaban J connectivity index is 1.64. The van der Waals surface area contributed by atoms with Gasteiger partial charge in [-0.15, -0.1) is 0 Å². The Hall–Kier alpha value is -3.71. The first kappa shape index (κ1) is 21.5. The van der Waals surface area contributed by atoms with Crippen LogP contribution in [0, 0.1) is 5.82 Å². The third-order valence-corrected chi connectivity index (χ3v) is 5.32. The number of benzene rings is 3. The molecule has 32 heavy (non-hydrogen) atoms. The highest BCUT2D eigenvalue weighted by Gasteiger charge is 2.15. The third-order valence-electron chi connectivity index (χ3n) is 5.07. The summed E-state index contributed by atoms with van der Waals surface area (Å²) in [5.41, 5.74) is 0.882. The fourth-order valence-corrected chi connectivity index (χ4v) is 3.63. The van der Waals surface area contributed by atoms with Gasteiger partial charge in [-0.25, -0.2) is 4.39 Å². The van der Waals surface area contributed by atoms with Gasteiger partial charge in [0.15, 0.2) is 0 Å². The van der Waals surface area contributed by atoms with E-state index in [0.29, 0.717) is 21.6 Å². The molecule has 6 nitrogen and oxygen atoms in total. The number of hydrogen-bond donors (Lipinski definition) is 1. The van der Waals surface area contributed by atoms with E-state index in [2.05, 4.69) is 5.32 Å². The second-order valence-electron chi connectivity index (χ2n) is 7.30. The fraction of sp³-hybridized carbons (Fsp3) is 0.125. The molecule has 1 N–H and O–H groups in total. The molecule has 0 saturated heterocycles. The molecule has 0 aliphatic heterocycles. The van der Waals surface area contributed by atoms with Gasteiger partial charge in [0.25, 0.3) is 0 Å². The second-order valence-corrected chi connectivity index (χ2v) is 7.74. The van der Waals surface area contributed by atoms with E-state index in [0.717, 1.165) is 10.1 Å². The van der Waals surface area contributed by atoms with Gasteiger partial charge in [0, 0.05) is 11.6 Å². The molecule has 1 aromatic heterocycles. The van der Waals surface area contributed by atoms with Crippen LogP contribution >= 0.6 is 11.6 Å². The number of carbonyl (C=O) groups excluding carboxylic acids is 1. The van der Waals surface area contributed by atoms with Gasteiger partial charge in [0.1, 0.15) is 12.4 Å². The lowest BCUT2D eigenvalue weighted by molar-refractivity contribution is -0.121. The number of fused-ring (bicyclic) bond motifs is 1. The van der Waals surface area contributed by atoms with E-state index in [1.165, 1.54) is 16.7 Å². The van der Waals surface area contributed by atoms with Crippen LogP contribution in [-0.2, 0) is 24.4 Å². The molecule has 0 atom stereocenters. The minimum absolute atomic E-state index is 0.108. The maximum Gasteiger partial charge on any atom is 0.317 e. The lowest BCUT2D eigenvalue weighted by atomic mass is 10.2. The van der Waals surface area contributed by atoms with Crippen LogP contribution in [0.4, 0.5) is 4.39 Å². The molecule has 0 radical (unpaired) electrons. The normalized spacial score (nSPS) is 10.9. The van der Waals surface area contributed by atoms with E-state index in [-0.39, 0.29) is 19.6 Å². The van der Waals surface area contributed by atoms with Crippen LogP contribution in [0.1, 0.15) is 11.1 Å². The van der Waals surface area contributed by atoms with Crippen LogP contribution in [0.25, 0.3) is 11.0 Å². The molecular formula is C24H19ClFN3O3. The number of nitrogens with zero attached hydrogens (tertiary/aromatic N) is 2. The van der Waals surface area contributed by atoms with E-state index < -0.39 is 22.8 Å². The zero-order chi connectivity index (χ0) is 22.7. The fourth-order valence-electron chi connectivity index (χ4n) is 3.50. The van der Waals surface area contributed by atoms with Crippen LogP contribution in [-0.4, -0.2) is 15.0 Å². The van der Waals surface area contributed by atoms with E-state index in [1.807, 2.05) is 0 Å². The molecule has 3 aromatic carbocycles. The van der Waals surface area contributed by atoms with E-state index in [4.69, 9.17) is 11.6 Å². The molecule has 4 aromatic rings. The topological polar surface area (TPSA) is 73.1 Å². The minimum Gasteiger partial charge on any atom is -0.350 e. The smallest absolute Gasteiger partial charge is 0.317 e. The average Bonchev–Trinajstić information content (AvgIpc) is 2.79. The average molecular weight is 452 g/mol. The molecule has 8 heteroatoms. The van der Waals surface area contributed by atoms with Gasteiger partial charge in [-0.3, -0.25) is 23.5 Å². The molecule has 0 spiro atoms. The Kier molecular flexibility index (Phi) is 6.18. The van der Waals surface area contributed by atoms with Gasteiger partial charge in [0.2, 0.25) is 5.91 Å². The van der Waals surface area contributed by atoms with Crippen molar-refractivity contribution in [1.29, 1.82) is 0 Å². The Morgan fingerprint density at radius 2 is 1.50 bits per heavy atom. The molecule has 0 saturated carbocycles. The van der Waals surface area contributed by atoms with Crippen LogP contribution in [0.2, 0.25) is 5.02 Å². The first-order valence-electron chi connectivity index (χ1n) is 9.90. The van der Waals surface area contributed by atoms with Gasteiger partial charge in [0.05, 0.1) is 17.6 Å². The number of aromatic nitrogens is 2. The number of para-hydroxylation sites is 2. The van der Waals surface area contributed by atoms with Crippen LogP contribution in [0.3, 0.4) is 0 Å². The summed E-state index contributed by atoms with van der Waals surface area (Å²) in [5, 5.41) is 3.23. The number of rotatable bonds is 6.